The number of hydrogen-bond donors (Lipinski definition) is 1. The molecule has 0 aliphatic heterocycles. The molecule has 4 nitrogen and oxygen atoms in total. The number of anilines is 1. The molecule has 0 bridgehead atoms. The molecule has 108 valence electrons. The second kappa shape index (κ2) is 5.48. The van der Waals surface area contributed by atoms with Crippen LogP contribution < -0.4 is 10.5 Å². The van der Waals surface area contributed by atoms with Crippen LogP contribution in [0.1, 0.15) is 27.4 Å². The SMILES string of the molecule is COC(=O)c1ccc(N)c(OCC2Cc3ccccc32)c1. The minimum Gasteiger partial charge on any atom is -0.491 e. The predicted octanol–water partition coefficient (Wildman–Crippen LogP) is 2.77. The quantitative estimate of drug-likeness (QED) is 0.692. The highest BCUT2D eigenvalue weighted by molar-refractivity contribution is 5.90. The summed E-state index contributed by atoms with van der Waals surface area (Å²) in [6, 6.07) is 13.3. The summed E-state index contributed by atoms with van der Waals surface area (Å²) in [6.07, 6.45) is 1.02. The van der Waals surface area contributed by atoms with Crippen LogP contribution in [0.4, 0.5) is 5.69 Å². The van der Waals surface area contributed by atoms with Crippen molar-refractivity contribution in [3.63, 3.8) is 0 Å². The van der Waals surface area contributed by atoms with E-state index >= 15 is 0 Å². The topological polar surface area (TPSA) is 61.5 Å². The summed E-state index contributed by atoms with van der Waals surface area (Å²) in [5.41, 5.74) is 9.57. The van der Waals surface area contributed by atoms with Gasteiger partial charge in [-0.1, -0.05) is 24.3 Å². The van der Waals surface area contributed by atoms with Crippen molar-refractivity contribution in [2.75, 3.05) is 19.5 Å². The van der Waals surface area contributed by atoms with Gasteiger partial charge >= 0.3 is 5.97 Å². The van der Waals surface area contributed by atoms with Crippen molar-refractivity contribution in [1.82, 2.24) is 0 Å². The smallest absolute Gasteiger partial charge is 0.337 e. The molecule has 2 aromatic carbocycles. The molecule has 21 heavy (non-hydrogen) atoms. The number of carbonyl (C=O) groups is 1. The molecule has 1 atom stereocenters. The molecule has 4 heteroatoms. The van der Waals surface area contributed by atoms with Crippen LogP contribution in [0.15, 0.2) is 42.5 Å². The second-order valence-electron chi connectivity index (χ2n) is 5.16. The zero-order valence-electron chi connectivity index (χ0n) is 11.8. The van der Waals surface area contributed by atoms with Crippen molar-refractivity contribution in [3.8, 4) is 5.75 Å². The summed E-state index contributed by atoms with van der Waals surface area (Å²) in [7, 11) is 1.35. The summed E-state index contributed by atoms with van der Waals surface area (Å²) >= 11 is 0. The Morgan fingerprint density at radius 3 is 2.86 bits per heavy atom. The van der Waals surface area contributed by atoms with Gasteiger partial charge in [-0.05, 0) is 35.7 Å². The molecule has 3 rings (SSSR count). The maximum atomic E-state index is 11.5. The lowest BCUT2D eigenvalue weighted by atomic mass is 9.78. The van der Waals surface area contributed by atoms with Crippen LogP contribution in [0.2, 0.25) is 0 Å². The first-order chi connectivity index (χ1) is 10.2. The lowest BCUT2D eigenvalue weighted by molar-refractivity contribution is 0.0600. The lowest BCUT2D eigenvalue weighted by Gasteiger charge is -2.30. The number of fused-ring (bicyclic) bond motifs is 1. The van der Waals surface area contributed by atoms with Gasteiger partial charge in [0.15, 0.2) is 0 Å². The molecule has 0 fully saturated rings. The molecule has 2 N–H and O–H groups in total. The Balaban J connectivity index is 1.70. The van der Waals surface area contributed by atoms with Gasteiger partial charge in [0.2, 0.25) is 0 Å². The summed E-state index contributed by atoms with van der Waals surface area (Å²) < 4.78 is 10.5. The van der Waals surface area contributed by atoms with Crippen LogP contribution in [0.3, 0.4) is 0 Å². The van der Waals surface area contributed by atoms with Crippen molar-refractivity contribution < 1.29 is 14.3 Å². The van der Waals surface area contributed by atoms with Gasteiger partial charge in [-0.15, -0.1) is 0 Å². The van der Waals surface area contributed by atoms with Crippen molar-refractivity contribution in [1.29, 1.82) is 0 Å². The van der Waals surface area contributed by atoms with Crippen LogP contribution in [-0.4, -0.2) is 19.7 Å². The predicted molar refractivity (Wildman–Crippen MR) is 80.6 cm³/mol. The molecule has 0 radical (unpaired) electrons. The Hall–Kier alpha value is -2.49. The minimum absolute atomic E-state index is 0.391. The molecule has 0 aromatic heterocycles. The molecule has 0 heterocycles. The van der Waals surface area contributed by atoms with Gasteiger partial charge < -0.3 is 15.2 Å². The van der Waals surface area contributed by atoms with E-state index in [0.717, 1.165) is 6.42 Å². The van der Waals surface area contributed by atoms with Crippen molar-refractivity contribution in [2.24, 2.45) is 0 Å². The third-order valence-corrected chi connectivity index (χ3v) is 3.84. The van der Waals surface area contributed by atoms with E-state index in [0.29, 0.717) is 29.5 Å². The maximum absolute atomic E-state index is 11.5. The van der Waals surface area contributed by atoms with Crippen LogP contribution in [0.25, 0.3) is 0 Å². The maximum Gasteiger partial charge on any atom is 0.337 e. The molecule has 1 aliphatic rings. The largest absolute Gasteiger partial charge is 0.491 e. The fourth-order valence-electron chi connectivity index (χ4n) is 2.61. The Kier molecular flexibility index (Phi) is 3.52. The highest BCUT2D eigenvalue weighted by Crippen LogP contribution is 2.35. The number of nitrogen functional groups attached to an aromatic ring is 1. The average molecular weight is 283 g/mol. The Morgan fingerprint density at radius 2 is 2.10 bits per heavy atom. The van der Waals surface area contributed by atoms with Gasteiger partial charge in [0, 0.05) is 5.92 Å². The van der Waals surface area contributed by atoms with Gasteiger partial charge in [-0.3, -0.25) is 0 Å². The van der Waals surface area contributed by atoms with Gasteiger partial charge in [-0.2, -0.15) is 0 Å². The molecule has 2 aromatic rings. The Bertz CT molecular complexity index is 681. The van der Waals surface area contributed by atoms with Gasteiger partial charge in [0.05, 0.1) is 25.0 Å². The third kappa shape index (κ3) is 2.57. The third-order valence-electron chi connectivity index (χ3n) is 3.84. The first-order valence-corrected chi connectivity index (χ1v) is 6.87. The van der Waals surface area contributed by atoms with Crippen LogP contribution in [0, 0.1) is 0 Å². The Labute approximate surface area is 123 Å². The van der Waals surface area contributed by atoms with Crippen LogP contribution >= 0.6 is 0 Å². The average Bonchev–Trinajstić information content (AvgIpc) is 2.49. The van der Waals surface area contributed by atoms with Crippen LogP contribution in [-0.2, 0) is 11.2 Å². The lowest BCUT2D eigenvalue weighted by Crippen LogP contribution is -2.23. The summed E-state index contributed by atoms with van der Waals surface area (Å²) in [4.78, 5) is 11.5. The van der Waals surface area contributed by atoms with Crippen molar-refractivity contribution in [2.45, 2.75) is 12.3 Å². The fourth-order valence-corrected chi connectivity index (χ4v) is 2.61. The molecule has 0 spiro atoms. The van der Waals surface area contributed by atoms with E-state index in [9.17, 15) is 4.79 Å². The number of rotatable bonds is 4. The van der Waals surface area contributed by atoms with E-state index in [2.05, 4.69) is 12.1 Å². The highest BCUT2D eigenvalue weighted by Gasteiger charge is 2.26. The summed E-state index contributed by atoms with van der Waals surface area (Å²) in [6.45, 7) is 0.561. The normalized spacial score (nSPS) is 15.8. The van der Waals surface area contributed by atoms with E-state index in [1.165, 1.54) is 18.2 Å². The molecular weight excluding hydrogens is 266 g/mol. The molecular formula is C17H17NO3. The number of esters is 1. The zero-order chi connectivity index (χ0) is 14.8. The monoisotopic (exact) mass is 283 g/mol. The highest BCUT2D eigenvalue weighted by atomic mass is 16.5. The van der Waals surface area contributed by atoms with E-state index in [4.69, 9.17) is 15.2 Å². The first kappa shape index (κ1) is 13.5. The minimum atomic E-state index is -0.395. The fraction of sp³-hybridized carbons (Fsp3) is 0.235. The molecule has 0 saturated carbocycles. The van der Waals surface area contributed by atoms with Crippen molar-refractivity contribution >= 4 is 11.7 Å². The van der Waals surface area contributed by atoms with E-state index in [1.54, 1.807) is 18.2 Å². The van der Waals surface area contributed by atoms with Crippen molar-refractivity contribution in [3.05, 3.63) is 59.2 Å². The standard InChI is InChI=1S/C17H17NO3/c1-20-17(19)12-6-7-15(18)16(9-12)21-10-13-8-11-4-2-3-5-14(11)13/h2-7,9,13H,8,10,18H2,1H3. The number of ether oxygens (including phenoxy) is 2. The van der Waals surface area contributed by atoms with E-state index < -0.39 is 5.97 Å². The number of nitrogens with two attached hydrogens (primary N) is 1. The first-order valence-electron chi connectivity index (χ1n) is 6.87. The molecule has 1 unspecified atom stereocenters. The Morgan fingerprint density at radius 1 is 1.29 bits per heavy atom. The zero-order valence-corrected chi connectivity index (χ0v) is 11.8. The summed E-state index contributed by atoms with van der Waals surface area (Å²) in [5, 5.41) is 0. The van der Waals surface area contributed by atoms with Crippen LogP contribution in [0.5, 0.6) is 5.75 Å². The number of methoxy groups -OCH3 is 1. The summed E-state index contributed by atoms with van der Waals surface area (Å²) in [5.74, 6) is 0.526. The number of carbonyl (C=O) groups excluding carboxylic acids is 1. The van der Waals surface area contributed by atoms with E-state index in [-0.39, 0.29) is 0 Å². The molecule has 1 aliphatic carbocycles. The second-order valence-corrected chi connectivity index (χ2v) is 5.16. The van der Waals surface area contributed by atoms with Gasteiger partial charge in [0.1, 0.15) is 5.75 Å². The van der Waals surface area contributed by atoms with Gasteiger partial charge in [-0.25, -0.2) is 4.79 Å². The van der Waals surface area contributed by atoms with Gasteiger partial charge in [0.25, 0.3) is 0 Å². The molecule has 0 amide bonds. The number of benzene rings is 2. The van der Waals surface area contributed by atoms with E-state index in [1.807, 2.05) is 12.1 Å². The molecule has 0 saturated heterocycles. The number of hydrogen-bond acceptors (Lipinski definition) is 4.